The van der Waals surface area contributed by atoms with E-state index in [-0.39, 0.29) is 17.4 Å². The number of hydrogen-bond donors (Lipinski definition) is 2. The fourth-order valence-electron chi connectivity index (χ4n) is 2.67. The molecule has 0 saturated carbocycles. The largest absolute Gasteiger partial charge is 0.345 e. The van der Waals surface area contributed by atoms with Gasteiger partial charge in [-0.15, -0.1) is 0 Å². The van der Waals surface area contributed by atoms with E-state index in [4.69, 9.17) is 0 Å². The van der Waals surface area contributed by atoms with E-state index in [2.05, 4.69) is 31.2 Å². The fraction of sp³-hybridized carbons (Fsp3) is 0.190. The Hall–Kier alpha value is -2.38. The molecule has 0 aliphatic heterocycles. The van der Waals surface area contributed by atoms with Gasteiger partial charge in [-0.25, -0.2) is 4.98 Å². The number of imidazole rings is 1. The van der Waals surface area contributed by atoms with Gasteiger partial charge in [0.1, 0.15) is 0 Å². The van der Waals surface area contributed by atoms with Crippen LogP contribution in [0.5, 0.6) is 0 Å². The lowest BCUT2D eigenvalue weighted by molar-refractivity contribution is -0.125. The number of H-pyrrole nitrogens is 1. The number of carbonyl (C=O) groups is 2. The molecule has 3 rings (SSSR count). The van der Waals surface area contributed by atoms with Crippen LogP contribution in [0.1, 0.15) is 12.5 Å². The van der Waals surface area contributed by atoms with Gasteiger partial charge in [0.2, 0.25) is 5.91 Å². The maximum Gasteiger partial charge on any atom is 0.231 e. The van der Waals surface area contributed by atoms with Crippen LogP contribution in [0, 0.1) is 0 Å². The number of rotatable bonds is 8. The van der Waals surface area contributed by atoms with Crippen molar-refractivity contribution < 1.29 is 9.59 Å². The molecule has 0 fully saturated rings. The molecule has 0 aliphatic rings. The van der Waals surface area contributed by atoms with Crippen LogP contribution in [-0.4, -0.2) is 33.5 Å². The van der Waals surface area contributed by atoms with Gasteiger partial charge in [-0.05, 0) is 36.6 Å². The molecule has 144 valence electrons. The van der Waals surface area contributed by atoms with Gasteiger partial charge in [-0.1, -0.05) is 70.2 Å². The van der Waals surface area contributed by atoms with Gasteiger partial charge in [0, 0.05) is 4.47 Å². The average Bonchev–Trinajstić information content (AvgIpc) is 3.16. The smallest absolute Gasteiger partial charge is 0.231 e. The Morgan fingerprint density at radius 2 is 1.86 bits per heavy atom. The summed E-state index contributed by atoms with van der Waals surface area (Å²) in [6.45, 7) is 1.50. The number of amides is 1. The molecule has 1 heterocycles. The number of nitrogens with zero attached hydrogens (tertiary/aromatic N) is 1. The van der Waals surface area contributed by atoms with E-state index in [0.29, 0.717) is 11.6 Å². The highest BCUT2D eigenvalue weighted by molar-refractivity contribution is 9.10. The van der Waals surface area contributed by atoms with Crippen LogP contribution in [0.2, 0.25) is 0 Å². The van der Waals surface area contributed by atoms with Crippen LogP contribution in [0.15, 0.2) is 70.4 Å². The summed E-state index contributed by atoms with van der Waals surface area (Å²) in [7, 11) is 0. The number of ketones is 1. The van der Waals surface area contributed by atoms with Crippen molar-refractivity contribution in [3.8, 4) is 11.3 Å². The van der Waals surface area contributed by atoms with Gasteiger partial charge >= 0.3 is 0 Å². The van der Waals surface area contributed by atoms with Crippen LogP contribution >= 0.6 is 27.7 Å². The van der Waals surface area contributed by atoms with E-state index < -0.39 is 6.04 Å². The number of carbonyl (C=O) groups excluding carboxylic acids is 2. The Labute approximate surface area is 176 Å². The maximum absolute atomic E-state index is 12.3. The number of aromatic nitrogens is 2. The molecule has 1 atom stereocenters. The van der Waals surface area contributed by atoms with Crippen LogP contribution in [-0.2, 0) is 16.0 Å². The molecule has 2 N–H and O–H groups in total. The van der Waals surface area contributed by atoms with Crippen molar-refractivity contribution in [1.29, 1.82) is 0 Å². The molecular formula is C21H20BrN3O2S. The molecule has 28 heavy (non-hydrogen) atoms. The lowest BCUT2D eigenvalue weighted by Crippen LogP contribution is -2.42. The lowest BCUT2D eigenvalue weighted by atomic mass is 10.0. The highest BCUT2D eigenvalue weighted by atomic mass is 79.9. The van der Waals surface area contributed by atoms with Gasteiger partial charge in [0.25, 0.3) is 0 Å². The SMILES string of the molecule is CC(=O)[C@@H](Cc1ccccc1)NC(=O)CSc1ncc(-c2ccc(Br)cc2)[nH]1. The van der Waals surface area contributed by atoms with Gasteiger partial charge in [-0.2, -0.15) is 0 Å². The summed E-state index contributed by atoms with van der Waals surface area (Å²) in [5, 5.41) is 3.49. The first-order valence-corrected chi connectivity index (χ1v) is 10.6. The van der Waals surface area contributed by atoms with Crippen molar-refractivity contribution >= 4 is 39.4 Å². The maximum atomic E-state index is 12.3. The van der Waals surface area contributed by atoms with Crippen LogP contribution in [0.25, 0.3) is 11.3 Å². The van der Waals surface area contributed by atoms with Gasteiger partial charge < -0.3 is 10.3 Å². The molecule has 0 unspecified atom stereocenters. The average molecular weight is 458 g/mol. The molecule has 1 aromatic heterocycles. The quantitative estimate of drug-likeness (QED) is 0.495. The first-order valence-electron chi connectivity index (χ1n) is 8.79. The lowest BCUT2D eigenvalue weighted by Gasteiger charge is -2.15. The molecule has 0 spiro atoms. The molecular weight excluding hydrogens is 438 g/mol. The monoisotopic (exact) mass is 457 g/mol. The standard InChI is InChI=1S/C21H20BrN3O2S/c1-14(26)18(11-15-5-3-2-4-6-15)24-20(27)13-28-21-23-12-19(25-21)16-7-9-17(22)10-8-16/h2-10,12,18H,11,13H2,1H3,(H,23,25)(H,24,27)/t18-/m1/s1. The number of nitrogens with one attached hydrogen (secondary N) is 2. The molecule has 1 amide bonds. The molecule has 2 aromatic carbocycles. The molecule has 0 aliphatic carbocycles. The van der Waals surface area contributed by atoms with Crippen LogP contribution in [0.3, 0.4) is 0 Å². The first-order chi connectivity index (χ1) is 13.5. The second-order valence-corrected chi connectivity index (χ2v) is 8.20. The van der Waals surface area contributed by atoms with E-state index in [9.17, 15) is 9.59 Å². The zero-order chi connectivity index (χ0) is 19.9. The summed E-state index contributed by atoms with van der Waals surface area (Å²) in [6, 6.07) is 17.0. The highest BCUT2D eigenvalue weighted by Crippen LogP contribution is 2.23. The minimum absolute atomic E-state index is 0.0577. The van der Waals surface area contributed by atoms with Crippen molar-refractivity contribution in [3.05, 3.63) is 70.8 Å². The van der Waals surface area contributed by atoms with Gasteiger partial charge in [0.15, 0.2) is 10.9 Å². The molecule has 0 bridgehead atoms. The zero-order valence-electron chi connectivity index (χ0n) is 15.3. The Morgan fingerprint density at radius 1 is 1.14 bits per heavy atom. The molecule has 5 nitrogen and oxygen atoms in total. The van der Waals surface area contributed by atoms with E-state index >= 15 is 0 Å². The Bertz CT molecular complexity index is 942. The summed E-state index contributed by atoms with van der Waals surface area (Å²) in [6.07, 6.45) is 2.23. The van der Waals surface area contributed by atoms with E-state index in [1.807, 2.05) is 54.6 Å². The van der Waals surface area contributed by atoms with Gasteiger partial charge in [-0.3, -0.25) is 9.59 Å². The Balaban J connectivity index is 1.54. The number of Topliss-reactive ketones (excluding diaryl/α,β-unsaturated/α-hetero) is 1. The Morgan fingerprint density at radius 3 is 2.54 bits per heavy atom. The van der Waals surface area contributed by atoms with Crippen molar-refractivity contribution in [2.75, 3.05) is 5.75 Å². The number of thioether (sulfide) groups is 1. The molecule has 0 radical (unpaired) electrons. The summed E-state index contributed by atoms with van der Waals surface area (Å²) in [5.74, 6) is -0.0632. The van der Waals surface area contributed by atoms with Crippen LogP contribution in [0.4, 0.5) is 0 Å². The number of hydrogen-bond acceptors (Lipinski definition) is 4. The predicted molar refractivity (Wildman–Crippen MR) is 115 cm³/mol. The number of benzene rings is 2. The van der Waals surface area contributed by atoms with Crippen molar-refractivity contribution in [2.24, 2.45) is 0 Å². The highest BCUT2D eigenvalue weighted by Gasteiger charge is 2.18. The number of aromatic amines is 1. The summed E-state index contributed by atoms with van der Waals surface area (Å²) >= 11 is 4.72. The summed E-state index contributed by atoms with van der Waals surface area (Å²) < 4.78 is 1.01. The van der Waals surface area contributed by atoms with E-state index in [1.165, 1.54) is 18.7 Å². The van der Waals surface area contributed by atoms with Crippen molar-refractivity contribution in [1.82, 2.24) is 15.3 Å². The fourth-order valence-corrected chi connectivity index (χ4v) is 3.59. The molecule has 0 saturated heterocycles. The van der Waals surface area contributed by atoms with Crippen LogP contribution < -0.4 is 5.32 Å². The van der Waals surface area contributed by atoms with Crippen molar-refractivity contribution in [3.63, 3.8) is 0 Å². The normalized spacial score (nSPS) is 11.8. The predicted octanol–water partition coefficient (Wildman–Crippen LogP) is 4.25. The Kier molecular flexibility index (Phi) is 7.06. The molecule has 7 heteroatoms. The second kappa shape index (κ2) is 9.71. The zero-order valence-corrected chi connectivity index (χ0v) is 17.7. The second-order valence-electron chi connectivity index (χ2n) is 6.32. The van der Waals surface area contributed by atoms with E-state index in [0.717, 1.165) is 21.3 Å². The minimum Gasteiger partial charge on any atom is -0.345 e. The van der Waals surface area contributed by atoms with E-state index in [1.54, 1.807) is 6.20 Å². The van der Waals surface area contributed by atoms with Crippen molar-refractivity contribution in [2.45, 2.75) is 24.5 Å². The third kappa shape index (κ3) is 5.81. The third-order valence-corrected chi connectivity index (χ3v) is 5.57. The number of halogens is 1. The first kappa shape index (κ1) is 20.4. The van der Waals surface area contributed by atoms with Gasteiger partial charge in [0.05, 0.1) is 23.7 Å². The summed E-state index contributed by atoms with van der Waals surface area (Å²) in [5.41, 5.74) is 2.92. The summed E-state index contributed by atoms with van der Waals surface area (Å²) in [4.78, 5) is 31.7. The third-order valence-electron chi connectivity index (χ3n) is 4.16. The minimum atomic E-state index is -0.523. The topological polar surface area (TPSA) is 74.8 Å². The molecule has 3 aromatic rings.